The first kappa shape index (κ1) is 30.1. The molecule has 1 atom stereocenters. The molecule has 15 heteroatoms. The molecule has 1 amide bonds. The quantitative estimate of drug-likeness (QED) is 0.0960. The van der Waals surface area contributed by atoms with Gasteiger partial charge in [-0.3, -0.25) is 38.7 Å². The van der Waals surface area contributed by atoms with E-state index in [-0.39, 0.29) is 51.8 Å². The predicted octanol–water partition coefficient (Wildman–Crippen LogP) is -2.95. The number of aliphatic carboxylic acids is 4. The van der Waals surface area contributed by atoms with E-state index in [4.69, 9.17) is 25.2 Å². The number of amides is 1. The number of nitrogens with one attached hydrogen (secondary N) is 1. The summed E-state index contributed by atoms with van der Waals surface area (Å²) in [5, 5.41) is 48.0. The molecular weight excluding hydrogens is 448 g/mol. The van der Waals surface area contributed by atoms with Crippen LogP contribution in [0.2, 0.25) is 0 Å². The molecule has 15 nitrogen and oxygen atoms in total. The highest BCUT2D eigenvalue weighted by atomic mass is 16.6. The summed E-state index contributed by atoms with van der Waals surface area (Å²) in [6.07, 6.45) is 0.127. The third-order valence-corrected chi connectivity index (χ3v) is 4.39. The molecule has 0 saturated heterocycles. The zero-order valence-corrected chi connectivity index (χ0v) is 18.4. The summed E-state index contributed by atoms with van der Waals surface area (Å²) in [7, 11) is 0. The van der Waals surface area contributed by atoms with Gasteiger partial charge < -0.3 is 35.6 Å². The number of hydrogen-bond acceptors (Lipinski definition) is 10. The van der Waals surface area contributed by atoms with Crippen LogP contribution in [0.15, 0.2) is 0 Å². The number of aliphatic hydroxyl groups excluding tert-OH is 1. The Morgan fingerprint density at radius 2 is 1.30 bits per heavy atom. The molecule has 0 aliphatic heterocycles. The lowest BCUT2D eigenvalue weighted by molar-refractivity contribution is -0.146. The molecule has 33 heavy (non-hydrogen) atoms. The molecule has 0 rings (SSSR count). The van der Waals surface area contributed by atoms with Crippen LogP contribution >= 0.6 is 0 Å². The second kappa shape index (κ2) is 16.7. The highest BCUT2D eigenvalue weighted by Crippen LogP contribution is 2.04. The van der Waals surface area contributed by atoms with Crippen molar-refractivity contribution >= 4 is 29.8 Å². The summed E-state index contributed by atoms with van der Waals surface area (Å²) in [4.78, 5) is 60.3. The zero-order valence-electron chi connectivity index (χ0n) is 18.4. The summed E-state index contributed by atoms with van der Waals surface area (Å²) in [6, 6.07) is -1.25. The van der Waals surface area contributed by atoms with Gasteiger partial charge in [-0.2, -0.15) is 0 Å². The van der Waals surface area contributed by atoms with Gasteiger partial charge in [0.25, 0.3) is 0 Å². The average Bonchev–Trinajstić information content (AvgIpc) is 2.71. The van der Waals surface area contributed by atoms with E-state index in [0.29, 0.717) is 0 Å². The molecule has 0 spiro atoms. The van der Waals surface area contributed by atoms with Gasteiger partial charge >= 0.3 is 23.9 Å². The minimum absolute atomic E-state index is 0.00430. The fraction of sp³-hybridized carbons (Fsp3) is 0.722. The highest BCUT2D eigenvalue weighted by molar-refractivity contribution is 5.78. The van der Waals surface area contributed by atoms with Crippen molar-refractivity contribution in [2.24, 2.45) is 0 Å². The van der Waals surface area contributed by atoms with Gasteiger partial charge in [0, 0.05) is 39.1 Å². The van der Waals surface area contributed by atoms with Crippen LogP contribution in [0.5, 0.6) is 0 Å². The maximum Gasteiger partial charge on any atom is 0.322 e. The molecule has 190 valence electrons. The van der Waals surface area contributed by atoms with E-state index in [1.807, 2.05) is 0 Å². The molecular formula is C18H32N4O11. The monoisotopic (exact) mass is 480 g/mol. The summed E-state index contributed by atoms with van der Waals surface area (Å²) in [5.74, 6) is -5.38. The van der Waals surface area contributed by atoms with Crippen LogP contribution in [0.4, 0.5) is 0 Å². The molecule has 1 unspecified atom stereocenters. The lowest BCUT2D eigenvalue weighted by Crippen LogP contribution is -2.53. The first-order valence-electron chi connectivity index (χ1n) is 10.0. The van der Waals surface area contributed by atoms with E-state index in [0.717, 1.165) is 4.90 Å². The van der Waals surface area contributed by atoms with Gasteiger partial charge in [0.2, 0.25) is 5.91 Å². The fourth-order valence-electron chi connectivity index (χ4n) is 2.82. The van der Waals surface area contributed by atoms with Crippen molar-refractivity contribution in [3.63, 3.8) is 0 Å². The molecule has 0 aromatic rings. The molecule has 0 aliphatic rings. The average molecular weight is 480 g/mol. The second-order valence-electron chi connectivity index (χ2n) is 6.95. The van der Waals surface area contributed by atoms with E-state index in [1.165, 1.54) is 9.80 Å². The summed E-state index contributed by atoms with van der Waals surface area (Å²) in [6.45, 7) is -1.44. The van der Waals surface area contributed by atoms with Gasteiger partial charge in [-0.05, 0) is 0 Å². The van der Waals surface area contributed by atoms with Crippen LogP contribution in [-0.2, 0) is 28.7 Å². The van der Waals surface area contributed by atoms with Crippen LogP contribution in [0.25, 0.3) is 0 Å². The Hall–Kier alpha value is -2.85. The third-order valence-electron chi connectivity index (χ3n) is 4.39. The molecule has 0 fully saturated rings. The largest absolute Gasteiger partial charge is 0.480 e. The summed E-state index contributed by atoms with van der Waals surface area (Å²) in [5.41, 5.74) is 0. The lowest BCUT2D eigenvalue weighted by atomic mass is 10.2. The molecule has 0 saturated carbocycles. The van der Waals surface area contributed by atoms with Crippen LogP contribution in [0.3, 0.4) is 0 Å². The van der Waals surface area contributed by atoms with E-state index in [9.17, 15) is 29.1 Å². The van der Waals surface area contributed by atoms with Crippen LogP contribution in [-0.4, -0.2) is 142 Å². The summed E-state index contributed by atoms with van der Waals surface area (Å²) < 4.78 is 4.80. The molecule has 0 aromatic carbocycles. The van der Waals surface area contributed by atoms with E-state index < -0.39 is 56.3 Å². The van der Waals surface area contributed by atoms with E-state index in [2.05, 4.69) is 5.32 Å². The standard InChI is InChI=1S/C18H32N4O11/c1-2-14(24)19-7-13(18(31)32)22(5-3-20(8-15(25)26)9-16(27)28)6-4-21(10-17(29)30)11-33-12-23/h13,23H,2-12H2,1H3,(H,19,24)(H,25,26)(H,27,28)(H,29,30)(H,31,32). The van der Waals surface area contributed by atoms with Crippen molar-refractivity contribution in [1.82, 2.24) is 20.0 Å². The first-order chi connectivity index (χ1) is 15.5. The molecule has 0 aromatic heterocycles. The van der Waals surface area contributed by atoms with Gasteiger partial charge in [-0.25, -0.2) is 0 Å². The Labute approximate surface area is 190 Å². The first-order valence-corrected chi connectivity index (χ1v) is 10.0. The molecule has 6 N–H and O–H groups in total. The van der Waals surface area contributed by atoms with Crippen molar-refractivity contribution in [3.8, 4) is 0 Å². The number of carboxylic acids is 4. The zero-order chi connectivity index (χ0) is 25.4. The number of carboxylic acid groups (broad SMARTS) is 4. The van der Waals surface area contributed by atoms with Gasteiger partial charge in [0.15, 0.2) is 0 Å². The third kappa shape index (κ3) is 14.8. The SMILES string of the molecule is CCC(=O)NCC(C(=O)O)N(CCN(COCO)CC(=O)O)CCN(CC(=O)O)CC(=O)O. The molecule has 0 bridgehead atoms. The maximum atomic E-state index is 11.9. The van der Waals surface area contributed by atoms with E-state index in [1.54, 1.807) is 6.92 Å². The van der Waals surface area contributed by atoms with Gasteiger partial charge in [0.1, 0.15) is 19.6 Å². The molecule has 0 heterocycles. The van der Waals surface area contributed by atoms with Crippen LogP contribution in [0.1, 0.15) is 13.3 Å². The smallest absolute Gasteiger partial charge is 0.322 e. The second-order valence-corrected chi connectivity index (χ2v) is 6.95. The Bertz CT molecular complexity index is 645. The minimum Gasteiger partial charge on any atom is -0.480 e. The number of rotatable bonds is 20. The Morgan fingerprint density at radius 3 is 1.73 bits per heavy atom. The number of nitrogens with zero attached hydrogens (tertiary/aromatic N) is 3. The highest BCUT2D eigenvalue weighted by Gasteiger charge is 2.27. The number of carbonyl (C=O) groups is 5. The minimum atomic E-state index is -1.29. The van der Waals surface area contributed by atoms with Crippen molar-refractivity contribution in [1.29, 1.82) is 0 Å². The van der Waals surface area contributed by atoms with Gasteiger partial charge in [-0.15, -0.1) is 0 Å². The van der Waals surface area contributed by atoms with Crippen LogP contribution < -0.4 is 5.32 Å². The van der Waals surface area contributed by atoms with Crippen molar-refractivity contribution < 1.29 is 54.2 Å². The van der Waals surface area contributed by atoms with Gasteiger partial charge in [0.05, 0.1) is 19.6 Å². The number of aliphatic hydroxyl groups is 1. The summed E-state index contributed by atoms with van der Waals surface area (Å²) >= 11 is 0. The molecule has 0 radical (unpaired) electrons. The molecule has 0 aliphatic carbocycles. The predicted molar refractivity (Wildman–Crippen MR) is 110 cm³/mol. The lowest BCUT2D eigenvalue weighted by Gasteiger charge is -2.32. The van der Waals surface area contributed by atoms with Crippen molar-refractivity contribution in [3.05, 3.63) is 0 Å². The Kier molecular flexibility index (Phi) is 15.3. The number of carbonyl (C=O) groups excluding carboxylic acids is 1. The topological polar surface area (TPSA) is 217 Å². The van der Waals surface area contributed by atoms with Crippen LogP contribution in [0, 0.1) is 0 Å². The number of hydrogen-bond donors (Lipinski definition) is 6. The van der Waals surface area contributed by atoms with Crippen molar-refractivity contribution in [2.45, 2.75) is 19.4 Å². The van der Waals surface area contributed by atoms with Crippen molar-refractivity contribution in [2.75, 3.05) is 65.9 Å². The van der Waals surface area contributed by atoms with Gasteiger partial charge in [-0.1, -0.05) is 6.92 Å². The normalized spacial score (nSPS) is 12.2. The fourth-order valence-corrected chi connectivity index (χ4v) is 2.82. The van der Waals surface area contributed by atoms with E-state index >= 15 is 0 Å². The Morgan fingerprint density at radius 1 is 0.818 bits per heavy atom. The number of ether oxygens (including phenoxy) is 1. The maximum absolute atomic E-state index is 11.9. The Balaban J connectivity index is 5.52.